The van der Waals surface area contributed by atoms with Gasteiger partial charge in [0.1, 0.15) is 11.5 Å². The van der Waals surface area contributed by atoms with E-state index in [9.17, 15) is 19.5 Å². The molecule has 7 nitrogen and oxygen atoms in total. The zero-order chi connectivity index (χ0) is 17.0. The minimum Gasteiger partial charge on any atom is -0.478 e. The van der Waals surface area contributed by atoms with Crippen LogP contribution in [0.3, 0.4) is 0 Å². The molecule has 120 valence electrons. The Morgan fingerprint density at radius 2 is 2.13 bits per heavy atom. The highest BCUT2D eigenvalue weighted by Crippen LogP contribution is 2.19. The molecule has 0 aliphatic heterocycles. The maximum Gasteiger partial charge on any atom is 0.337 e. The molecule has 0 atom stereocenters. The topological polar surface area (TPSA) is 112 Å². The SMILES string of the molecule is CSCc1nc(C(=O)Nc2ccc(I)cc2C(=O)O)cc(=O)[nH]1. The van der Waals surface area contributed by atoms with Gasteiger partial charge in [-0.3, -0.25) is 9.59 Å². The van der Waals surface area contributed by atoms with Crippen molar-refractivity contribution in [1.29, 1.82) is 0 Å². The number of aromatic carboxylic acids is 1. The fraction of sp³-hybridized carbons (Fsp3) is 0.143. The van der Waals surface area contributed by atoms with Gasteiger partial charge in [-0.05, 0) is 47.0 Å². The van der Waals surface area contributed by atoms with Gasteiger partial charge in [0.05, 0.1) is 17.0 Å². The van der Waals surface area contributed by atoms with Crippen LogP contribution in [0.15, 0.2) is 29.1 Å². The summed E-state index contributed by atoms with van der Waals surface area (Å²) in [5.41, 5.74) is -0.376. The Labute approximate surface area is 149 Å². The number of amides is 1. The Kier molecular flexibility index (Phi) is 5.77. The fourth-order valence-electron chi connectivity index (χ4n) is 1.82. The van der Waals surface area contributed by atoms with Crippen LogP contribution in [0.5, 0.6) is 0 Å². The molecule has 1 heterocycles. The standard InChI is InChI=1S/C14H12IN3O4S/c1-23-6-11-16-10(5-12(19)18-11)13(20)17-9-3-2-7(15)4-8(9)14(21)22/h2-5H,6H2,1H3,(H,17,20)(H,21,22)(H,16,18,19). The minimum atomic E-state index is -1.15. The van der Waals surface area contributed by atoms with E-state index in [1.54, 1.807) is 6.07 Å². The Hall–Kier alpha value is -1.88. The summed E-state index contributed by atoms with van der Waals surface area (Å²) < 4.78 is 0.731. The number of benzene rings is 1. The summed E-state index contributed by atoms with van der Waals surface area (Å²) in [5, 5.41) is 11.7. The molecule has 1 amide bonds. The fourth-order valence-corrected chi connectivity index (χ4v) is 2.72. The molecule has 0 aliphatic carbocycles. The monoisotopic (exact) mass is 445 g/mol. The van der Waals surface area contributed by atoms with Crippen molar-refractivity contribution in [1.82, 2.24) is 9.97 Å². The van der Waals surface area contributed by atoms with E-state index in [1.807, 2.05) is 28.8 Å². The van der Waals surface area contributed by atoms with Crippen LogP contribution in [0.1, 0.15) is 26.7 Å². The molecule has 0 unspecified atom stereocenters. The summed E-state index contributed by atoms with van der Waals surface area (Å²) in [4.78, 5) is 41.7. The number of thioether (sulfide) groups is 1. The number of anilines is 1. The molecule has 9 heteroatoms. The van der Waals surface area contributed by atoms with Gasteiger partial charge in [-0.25, -0.2) is 9.78 Å². The number of rotatable bonds is 5. The summed E-state index contributed by atoms with van der Waals surface area (Å²) in [7, 11) is 0. The van der Waals surface area contributed by atoms with E-state index in [0.29, 0.717) is 11.6 Å². The first-order valence-corrected chi connectivity index (χ1v) is 8.81. The molecule has 2 aromatic rings. The van der Waals surface area contributed by atoms with E-state index in [4.69, 9.17) is 0 Å². The second-order valence-electron chi connectivity index (χ2n) is 4.46. The van der Waals surface area contributed by atoms with Crippen LogP contribution in [0.2, 0.25) is 0 Å². The maximum absolute atomic E-state index is 12.3. The van der Waals surface area contributed by atoms with Crippen molar-refractivity contribution in [3.8, 4) is 0 Å². The third-order valence-electron chi connectivity index (χ3n) is 2.76. The van der Waals surface area contributed by atoms with E-state index >= 15 is 0 Å². The molecular formula is C14H12IN3O4S. The van der Waals surface area contributed by atoms with Gasteiger partial charge in [-0.1, -0.05) is 0 Å². The first kappa shape index (κ1) is 17.5. The van der Waals surface area contributed by atoms with E-state index < -0.39 is 17.4 Å². The number of nitrogens with zero attached hydrogens (tertiary/aromatic N) is 1. The van der Waals surface area contributed by atoms with Crippen LogP contribution in [-0.4, -0.2) is 33.2 Å². The quantitative estimate of drug-likeness (QED) is 0.609. The summed E-state index contributed by atoms with van der Waals surface area (Å²) >= 11 is 3.44. The molecule has 0 saturated carbocycles. The lowest BCUT2D eigenvalue weighted by Gasteiger charge is -2.09. The van der Waals surface area contributed by atoms with Gasteiger partial charge in [0.15, 0.2) is 0 Å². The number of carbonyl (C=O) groups is 2. The van der Waals surface area contributed by atoms with Crippen LogP contribution >= 0.6 is 34.4 Å². The number of halogens is 1. The molecule has 23 heavy (non-hydrogen) atoms. The van der Waals surface area contributed by atoms with Crippen molar-refractivity contribution in [2.75, 3.05) is 11.6 Å². The van der Waals surface area contributed by atoms with Gasteiger partial charge in [-0.15, -0.1) is 0 Å². The van der Waals surface area contributed by atoms with Gasteiger partial charge in [0.2, 0.25) is 0 Å². The molecule has 1 aromatic carbocycles. The first-order chi connectivity index (χ1) is 10.9. The molecule has 0 spiro atoms. The summed E-state index contributed by atoms with van der Waals surface area (Å²) in [5.74, 6) is -0.945. The molecular weight excluding hydrogens is 433 g/mol. The average Bonchev–Trinajstić information content (AvgIpc) is 2.48. The highest BCUT2D eigenvalue weighted by molar-refractivity contribution is 14.1. The van der Waals surface area contributed by atoms with Crippen molar-refractivity contribution < 1.29 is 14.7 Å². The van der Waals surface area contributed by atoms with E-state index in [2.05, 4.69) is 15.3 Å². The van der Waals surface area contributed by atoms with Crippen LogP contribution in [-0.2, 0) is 5.75 Å². The van der Waals surface area contributed by atoms with E-state index in [1.165, 1.54) is 23.9 Å². The highest BCUT2D eigenvalue weighted by Gasteiger charge is 2.16. The van der Waals surface area contributed by atoms with Crippen LogP contribution in [0, 0.1) is 3.57 Å². The Morgan fingerprint density at radius 1 is 1.39 bits per heavy atom. The molecule has 2 rings (SSSR count). The number of carbonyl (C=O) groups excluding carboxylic acids is 1. The van der Waals surface area contributed by atoms with Gasteiger partial charge in [0, 0.05) is 9.64 Å². The van der Waals surface area contributed by atoms with Gasteiger partial charge >= 0.3 is 5.97 Å². The van der Waals surface area contributed by atoms with E-state index in [-0.39, 0.29) is 16.9 Å². The minimum absolute atomic E-state index is 0.0283. The average molecular weight is 445 g/mol. The summed E-state index contributed by atoms with van der Waals surface area (Å²) in [6, 6.07) is 5.70. The van der Waals surface area contributed by atoms with Gasteiger partial charge < -0.3 is 15.4 Å². The Balaban J connectivity index is 2.33. The second kappa shape index (κ2) is 7.59. The lowest BCUT2D eigenvalue weighted by Crippen LogP contribution is -2.21. The molecule has 0 radical (unpaired) electrons. The Bertz CT molecular complexity index is 822. The predicted octanol–water partition coefficient (Wildman–Crippen LogP) is 2.19. The van der Waals surface area contributed by atoms with Crippen molar-refractivity contribution in [3.05, 3.63) is 55.3 Å². The van der Waals surface area contributed by atoms with Crippen LogP contribution in [0.25, 0.3) is 0 Å². The smallest absolute Gasteiger partial charge is 0.337 e. The first-order valence-electron chi connectivity index (χ1n) is 6.34. The van der Waals surface area contributed by atoms with Crippen molar-refractivity contribution in [2.24, 2.45) is 0 Å². The van der Waals surface area contributed by atoms with E-state index in [0.717, 1.165) is 9.64 Å². The molecule has 0 fully saturated rings. The normalized spacial score (nSPS) is 10.3. The van der Waals surface area contributed by atoms with Crippen molar-refractivity contribution in [2.45, 2.75) is 5.75 Å². The third-order valence-corrected chi connectivity index (χ3v) is 4.00. The number of H-pyrrole nitrogens is 1. The summed E-state index contributed by atoms with van der Waals surface area (Å²) in [6.45, 7) is 0. The number of hydrogen-bond acceptors (Lipinski definition) is 5. The van der Waals surface area contributed by atoms with Crippen molar-refractivity contribution >= 4 is 51.9 Å². The van der Waals surface area contributed by atoms with Gasteiger partial charge in [-0.2, -0.15) is 11.8 Å². The number of carboxylic acids is 1. The van der Waals surface area contributed by atoms with Crippen LogP contribution in [0.4, 0.5) is 5.69 Å². The zero-order valence-electron chi connectivity index (χ0n) is 11.9. The number of aromatic amines is 1. The summed E-state index contributed by atoms with van der Waals surface area (Å²) in [6.07, 6.45) is 1.84. The highest BCUT2D eigenvalue weighted by atomic mass is 127. The molecule has 0 saturated heterocycles. The number of carboxylic acid groups (broad SMARTS) is 1. The molecule has 0 aliphatic rings. The van der Waals surface area contributed by atoms with Crippen molar-refractivity contribution in [3.63, 3.8) is 0 Å². The lowest BCUT2D eigenvalue weighted by atomic mass is 10.1. The second-order valence-corrected chi connectivity index (χ2v) is 6.57. The Morgan fingerprint density at radius 3 is 2.78 bits per heavy atom. The van der Waals surface area contributed by atoms with Gasteiger partial charge in [0.25, 0.3) is 11.5 Å². The molecule has 1 aromatic heterocycles. The zero-order valence-corrected chi connectivity index (χ0v) is 14.9. The molecule has 3 N–H and O–H groups in total. The largest absolute Gasteiger partial charge is 0.478 e. The number of hydrogen-bond donors (Lipinski definition) is 3. The molecule has 0 bridgehead atoms. The van der Waals surface area contributed by atoms with Crippen LogP contribution < -0.4 is 10.9 Å². The lowest BCUT2D eigenvalue weighted by molar-refractivity contribution is 0.0698. The number of nitrogens with one attached hydrogen (secondary N) is 2. The third kappa shape index (κ3) is 4.55. The maximum atomic E-state index is 12.3. The number of aromatic nitrogens is 2. The predicted molar refractivity (Wildman–Crippen MR) is 96.1 cm³/mol.